The van der Waals surface area contributed by atoms with E-state index in [0.717, 1.165) is 24.5 Å². The number of rotatable bonds is 10. The highest BCUT2D eigenvalue weighted by atomic mass is 32.2. The van der Waals surface area contributed by atoms with E-state index in [1.54, 1.807) is 48.5 Å². The highest BCUT2D eigenvalue weighted by Gasteiger charge is 2.32. The number of carbonyl (C=O) groups excluding carboxylic acids is 2. The van der Waals surface area contributed by atoms with Gasteiger partial charge in [-0.1, -0.05) is 24.3 Å². The summed E-state index contributed by atoms with van der Waals surface area (Å²) in [6.07, 6.45) is -2.63. The predicted molar refractivity (Wildman–Crippen MR) is 136 cm³/mol. The third-order valence-corrected chi connectivity index (χ3v) is 6.00. The maximum Gasteiger partial charge on any atom is 0.416 e. The molecule has 0 aliphatic carbocycles. The molecule has 2 amide bonds. The molecule has 0 heterocycles. The van der Waals surface area contributed by atoms with E-state index in [-0.39, 0.29) is 18.2 Å². The topological polar surface area (TPSA) is 117 Å². The van der Waals surface area contributed by atoms with Gasteiger partial charge >= 0.3 is 6.18 Å². The van der Waals surface area contributed by atoms with Crippen LogP contribution in [0.1, 0.15) is 11.1 Å². The van der Waals surface area contributed by atoms with Gasteiger partial charge < -0.3 is 10.1 Å². The molecule has 9 nitrogen and oxygen atoms in total. The monoisotopic (exact) mass is 548 g/mol. The molecule has 2 N–H and O–H groups in total. The number of nitrogens with zero attached hydrogens (tertiary/aromatic N) is 2. The largest absolute Gasteiger partial charge is 0.484 e. The van der Waals surface area contributed by atoms with Gasteiger partial charge in [-0.2, -0.15) is 18.3 Å². The Bertz CT molecular complexity index is 1400. The van der Waals surface area contributed by atoms with Crippen molar-refractivity contribution >= 4 is 39.4 Å². The number of alkyl halides is 3. The minimum Gasteiger partial charge on any atom is -0.484 e. The predicted octanol–water partition coefficient (Wildman–Crippen LogP) is 3.64. The van der Waals surface area contributed by atoms with Gasteiger partial charge in [-0.25, -0.2) is 13.8 Å². The fourth-order valence-electron chi connectivity index (χ4n) is 3.10. The third kappa shape index (κ3) is 8.62. The van der Waals surface area contributed by atoms with Crippen LogP contribution in [0.5, 0.6) is 5.75 Å². The summed E-state index contributed by atoms with van der Waals surface area (Å²) in [7, 11) is -4.08. The van der Waals surface area contributed by atoms with E-state index in [1.807, 2.05) is 6.07 Å². The Morgan fingerprint density at radius 2 is 1.66 bits per heavy atom. The van der Waals surface area contributed by atoms with Crippen molar-refractivity contribution in [3.8, 4) is 5.75 Å². The molecule has 0 saturated heterocycles. The Labute approximate surface area is 217 Å². The first-order valence-electron chi connectivity index (χ1n) is 11.0. The summed E-state index contributed by atoms with van der Waals surface area (Å²) in [6.45, 7) is -0.990. The molecule has 3 aromatic rings. The number of ether oxygens (including phenoxy) is 1. The van der Waals surface area contributed by atoms with Gasteiger partial charge in [0, 0.05) is 5.69 Å². The molecule has 3 aromatic carbocycles. The molecule has 13 heteroatoms. The summed E-state index contributed by atoms with van der Waals surface area (Å²) >= 11 is 0. The first-order valence-corrected chi connectivity index (χ1v) is 12.8. The Balaban J connectivity index is 1.54. The molecule has 0 atom stereocenters. The molecule has 0 bridgehead atoms. The zero-order valence-corrected chi connectivity index (χ0v) is 20.8. The Morgan fingerprint density at radius 1 is 0.974 bits per heavy atom. The van der Waals surface area contributed by atoms with E-state index in [0.29, 0.717) is 27.4 Å². The van der Waals surface area contributed by atoms with Gasteiger partial charge in [0.1, 0.15) is 12.3 Å². The molecule has 0 saturated carbocycles. The van der Waals surface area contributed by atoms with Crippen LogP contribution in [0.25, 0.3) is 0 Å². The zero-order valence-electron chi connectivity index (χ0n) is 20.0. The SMILES string of the molecule is CS(=O)(=O)N(CC(=O)N/N=C/c1ccc(OCC(=O)Nc2ccccc2)cc1)c1cccc(C(F)(F)F)c1. The Hall–Kier alpha value is -4.39. The van der Waals surface area contributed by atoms with Crippen molar-refractivity contribution in [2.45, 2.75) is 6.18 Å². The molecule has 0 aliphatic rings. The molecule has 38 heavy (non-hydrogen) atoms. The lowest BCUT2D eigenvalue weighted by Gasteiger charge is -2.22. The van der Waals surface area contributed by atoms with Crippen molar-refractivity contribution in [1.29, 1.82) is 0 Å². The number of benzene rings is 3. The maximum absolute atomic E-state index is 13.0. The highest BCUT2D eigenvalue weighted by Crippen LogP contribution is 2.32. The lowest BCUT2D eigenvalue weighted by molar-refractivity contribution is -0.137. The first kappa shape index (κ1) is 28.2. The van der Waals surface area contributed by atoms with Gasteiger partial charge in [-0.3, -0.25) is 13.9 Å². The van der Waals surface area contributed by atoms with Crippen LogP contribution in [0.3, 0.4) is 0 Å². The van der Waals surface area contributed by atoms with Crippen molar-refractivity contribution in [2.24, 2.45) is 5.10 Å². The number of halogens is 3. The van der Waals surface area contributed by atoms with E-state index in [4.69, 9.17) is 4.74 Å². The molecule has 0 fully saturated rings. The molecule has 0 radical (unpaired) electrons. The molecule has 0 unspecified atom stereocenters. The maximum atomic E-state index is 13.0. The average molecular weight is 549 g/mol. The number of nitrogens with one attached hydrogen (secondary N) is 2. The smallest absolute Gasteiger partial charge is 0.416 e. The van der Waals surface area contributed by atoms with Gasteiger partial charge in [-0.05, 0) is 60.2 Å². The van der Waals surface area contributed by atoms with Crippen LogP contribution in [-0.2, 0) is 25.8 Å². The van der Waals surface area contributed by atoms with Gasteiger partial charge in [0.15, 0.2) is 6.61 Å². The van der Waals surface area contributed by atoms with Gasteiger partial charge in [0.2, 0.25) is 10.0 Å². The number of hydrazone groups is 1. The second-order valence-electron chi connectivity index (χ2n) is 7.88. The van der Waals surface area contributed by atoms with Crippen LogP contribution < -0.4 is 19.8 Å². The van der Waals surface area contributed by atoms with Crippen LogP contribution in [-0.4, -0.2) is 45.9 Å². The summed E-state index contributed by atoms with van der Waals surface area (Å²) < 4.78 is 69.3. The van der Waals surface area contributed by atoms with E-state index in [1.165, 1.54) is 6.21 Å². The number of sulfonamides is 1. The lowest BCUT2D eigenvalue weighted by Crippen LogP contribution is -2.39. The minimum absolute atomic E-state index is 0.207. The lowest BCUT2D eigenvalue weighted by atomic mass is 10.2. The molecule has 0 aliphatic heterocycles. The second-order valence-corrected chi connectivity index (χ2v) is 9.79. The number of anilines is 2. The standard InChI is InChI=1S/C25H23F3N4O5S/c1-38(35,36)32(21-9-5-6-19(14-21)25(26,27)28)16-23(33)31-29-15-18-10-12-22(13-11-18)37-17-24(34)30-20-7-3-2-4-8-20/h2-15H,16-17H2,1H3,(H,30,34)(H,31,33)/b29-15+. The van der Waals surface area contributed by atoms with Gasteiger partial charge in [0.25, 0.3) is 11.8 Å². The summed E-state index contributed by atoms with van der Waals surface area (Å²) in [4.78, 5) is 24.2. The zero-order chi connectivity index (χ0) is 27.8. The normalized spacial score (nSPS) is 11.7. The fourth-order valence-corrected chi connectivity index (χ4v) is 3.95. The highest BCUT2D eigenvalue weighted by molar-refractivity contribution is 7.92. The molecule has 0 spiro atoms. The Kier molecular flexibility index (Phi) is 9.07. The van der Waals surface area contributed by atoms with Gasteiger partial charge in [-0.15, -0.1) is 0 Å². The van der Waals surface area contributed by atoms with Crippen molar-refractivity contribution < 1.29 is 35.9 Å². The number of amides is 2. The third-order valence-electron chi connectivity index (χ3n) is 4.86. The van der Waals surface area contributed by atoms with Crippen LogP contribution in [0.2, 0.25) is 0 Å². The molecule has 3 rings (SSSR count). The fraction of sp³-hybridized carbons (Fsp3) is 0.160. The van der Waals surface area contributed by atoms with E-state index in [9.17, 15) is 31.2 Å². The van der Waals surface area contributed by atoms with Crippen molar-refractivity contribution in [3.63, 3.8) is 0 Å². The number of para-hydroxylation sites is 1. The molecule has 200 valence electrons. The Morgan fingerprint density at radius 3 is 2.29 bits per heavy atom. The van der Waals surface area contributed by atoms with Crippen LogP contribution >= 0.6 is 0 Å². The van der Waals surface area contributed by atoms with Crippen molar-refractivity contribution in [1.82, 2.24) is 5.43 Å². The minimum atomic E-state index is -4.68. The van der Waals surface area contributed by atoms with Gasteiger partial charge in [0.05, 0.1) is 23.7 Å². The summed E-state index contributed by atoms with van der Waals surface area (Å²) in [5.74, 6) is -0.787. The summed E-state index contributed by atoms with van der Waals surface area (Å²) in [6, 6.07) is 18.9. The van der Waals surface area contributed by atoms with Crippen LogP contribution in [0.15, 0.2) is 84.0 Å². The molecular weight excluding hydrogens is 525 g/mol. The number of carbonyl (C=O) groups is 2. The number of hydrogen-bond donors (Lipinski definition) is 2. The van der Waals surface area contributed by atoms with E-state index < -0.39 is 34.2 Å². The van der Waals surface area contributed by atoms with Crippen LogP contribution in [0.4, 0.5) is 24.5 Å². The summed E-state index contributed by atoms with van der Waals surface area (Å²) in [5, 5.41) is 6.43. The summed E-state index contributed by atoms with van der Waals surface area (Å²) in [5.41, 5.74) is 1.97. The van der Waals surface area contributed by atoms with Crippen molar-refractivity contribution in [3.05, 3.63) is 90.0 Å². The van der Waals surface area contributed by atoms with E-state index in [2.05, 4.69) is 15.8 Å². The molecule has 0 aromatic heterocycles. The quantitative estimate of drug-likeness (QED) is 0.296. The van der Waals surface area contributed by atoms with Crippen molar-refractivity contribution in [2.75, 3.05) is 29.0 Å². The van der Waals surface area contributed by atoms with Crippen LogP contribution in [0, 0.1) is 0 Å². The average Bonchev–Trinajstić information content (AvgIpc) is 2.86. The second kappa shape index (κ2) is 12.2. The molecular formula is C25H23F3N4O5S. The first-order chi connectivity index (χ1) is 17.9. The van der Waals surface area contributed by atoms with E-state index >= 15 is 0 Å². The number of hydrogen-bond acceptors (Lipinski definition) is 6.